The highest BCUT2D eigenvalue weighted by Gasteiger charge is 2.16. The van der Waals surface area contributed by atoms with Gasteiger partial charge >= 0.3 is 0 Å². The molecule has 0 bridgehead atoms. The van der Waals surface area contributed by atoms with Crippen LogP contribution >= 0.6 is 23.2 Å². The lowest BCUT2D eigenvalue weighted by Crippen LogP contribution is -2.17. The Labute approximate surface area is 145 Å². The SMILES string of the molecule is Cc1ccc(S(=O)(=O)CCC(=O)Nc2ccc(Cl)c(Cl)c2)cc1. The number of hydrogen-bond donors (Lipinski definition) is 1. The van der Waals surface area contributed by atoms with Gasteiger partial charge in [0, 0.05) is 12.1 Å². The van der Waals surface area contributed by atoms with E-state index in [1.54, 1.807) is 36.4 Å². The van der Waals surface area contributed by atoms with Crippen molar-refractivity contribution in [2.45, 2.75) is 18.2 Å². The molecule has 0 aliphatic heterocycles. The van der Waals surface area contributed by atoms with E-state index < -0.39 is 15.7 Å². The molecule has 4 nitrogen and oxygen atoms in total. The predicted octanol–water partition coefficient (Wildman–Crippen LogP) is 4.10. The van der Waals surface area contributed by atoms with Crippen LogP contribution in [0.4, 0.5) is 5.69 Å². The monoisotopic (exact) mass is 371 g/mol. The summed E-state index contributed by atoms with van der Waals surface area (Å²) in [6.45, 7) is 1.88. The second kappa shape index (κ2) is 7.34. The summed E-state index contributed by atoms with van der Waals surface area (Å²) in [5.74, 6) is -0.664. The predicted molar refractivity (Wildman–Crippen MR) is 92.9 cm³/mol. The van der Waals surface area contributed by atoms with Gasteiger partial charge in [-0.3, -0.25) is 4.79 Å². The summed E-state index contributed by atoms with van der Waals surface area (Å²) in [6.07, 6.45) is -0.142. The Hall–Kier alpha value is -1.56. The molecule has 0 saturated carbocycles. The number of carbonyl (C=O) groups is 1. The number of aryl methyl sites for hydroxylation is 1. The number of hydrogen-bond acceptors (Lipinski definition) is 3. The van der Waals surface area contributed by atoms with Crippen molar-refractivity contribution in [2.75, 3.05) is 11.1 Å². The molecule has 23 heavy (non-hydrogen) atoms. The maximum atomic E-state index is 12.2. The van der Waals surface area contributed by atoms with E-state index in [0.717, 1.165) is 5.56 Å². The summed E-state index contributed by atoms with van der Waals surface area (Å²) in [6, 6.07) is 11.2. The Morgan fingerprint density at radius 3 is 2.30 bits per heavy atom. The van der Waals surface area contributed by atoms with Gasteiger partial charge in [0.15, 0.2) is 9.84 Å². The normalized spacial score (nSPS) is 11.3. The van der Waals surface area contributed by atoms with Crippen molar-refractivity contribution in [1.82, 2.24) is 0 Å². The minimum absolute atomic E-state index is 0.142. The third kappa shape index (κ3) is 4.96. The molecule has 0 fully saturated rings. The zero-order chi connectivity index (χ0) is 17.0. The zero-order valence-electron chi connectivity index (χ0n) is 12.3. The lowest BCUT2D eigenvalue weighted by molar-refractivity contribution is -0.115. The summed E-state index contributed by atoms with van der Waals surface area (Å²) in [5.41, 5.74) is 1.44. The van der Waals surface area contributed by atoms with Gasteiger partial charge in [0.2, 0.25) is 5.91 Å². The van der Waals surface area contributed by atoms with Gasteiger partial charge in [0.25, 0.3) is 0 Å². The first-order valence-electron chi connectivity index (χ1n) is 6.82. The average Bonchev–Trinajstić information content (AvgIpc) is 2.50. The van der Waals surface area contributed by atoms with E-state index >= 15 is 0 Å². The second-order valence-corrected chi connectivity index (χ2v) is 7.98. The molecule has 1 N–H and O–H groups in total. The number of carbonyl (C=O) groups excluding carboxylic acids is 1. The first kappa shape index (κ1) is 17.8. The Kier molecular flexibility index (Phi) is 5.68. The van der Waals surface area contributed by atoms with Gasteiger partial charge in [0.05, 0.1) is 20.7 Å². The minimum atomic E-state index is -3.49. The summed E-state index contributed by atoms with van der Waals surface area (Å²) < 4.78 is 24.4. The van der Waals surface area contributed by atoms with Gasteiger partial charge in [-0.2, -0.15) is 0 Å². The highest BCUT2D eigenvalue weighted by atomic mass is 35.5. The Morgan fingerprint density at radius 2 is 1.70 bits per heavy atom. The van der Waals surface area contributed by atoms with E-state index in [-0.39, 0.29) is 17.1 Å². The lowest BCUT2D eigenvalue weighted by Gasteiger charge is -2.07. The molecule has 0 heterocycles. The van der Waals surface area contributed by atoms with Crippen LogP contribution in [0.15, 0.2) is 47.4 Å². The van der Waals surface area contributed by atoms with Crippen molar-refractivity contribution < 1.29 is 13.2 Å². The molecular weight excluding hydrogens is 357 g/mol. The van der Waals surface area contributed by atoms with Crippen molar-refractivity contribution in [3.63, 3.8) is 0 Å². The van der Waals surface area contributed by atoms with E-state index in [2.05, 4.69) is 5.32 Å². The van der Waals surface area contributed by atoms with E-state index in [0.29, 0.717) is 15.7 Å². The maximum absolute atomic E-state index is 12.2. The van der Waals surface area contributed by atoms with Gasteiger partial charge in [-0.1, -0.05) is 40.9 Å². The molecule has 0 saturated heterocycles. The Bertz CT molecular complexity index is 818. The van der Waals surface area contributed by atoms with Gasteiger partial charge in [-0.15, -0.1) is 0 Å². The summed E-state index contributed by atoms with van der Waals surface area (Å²) >= 11 is 11.7. The Morgan fingerprint density at radius 1 is 1.04 bits per heavy atom. The van der Waals surface area contributed by atoms with Gasteiger partial charge in [-0.25, -0.2) is 8.42 Å². The molecule has 2 aromatic rings. The maximum Gasteiger partial charge on any atom is 0.225 e. The van der Waals surface area contributed by atoms with E-state index in [1.165, 1.54) is 6.07 Å². The van der Waals surface area contributed by atoms with Crippen LogP contribution in [0.1, 0.15) is 12.0 Å². The van der Waals surface area contributed by atoms with E-state index in [1.807, 2.05) is 6.92 Å². The fraction of sp³-hybridized carbons (Fsp3) is 0.188. The first-order valence-corrected chi connectivity index (χ1v) is 9.23. The van der Waals surface area contributed by atoms with Crippen LogP contribution in [-0.4, -0.2) is 20.1 Å². The van der Waals surface area contributed by atoms with Crippen molar-refractivity contribution in [3.8, 4) is 0 Å². The second-order valence-electron chi connectivity index (χ2n) is 5.06. The average molecular weight is 372 g/mol. The van der Waals surface area contributed by atoms with Crippen molar-refractivity contribution in [3.05, 3.63) is 58.1 Å². The molecule has 0 radical (unpaired) electrons. The highest BCUT2D eigenvalue weighted by molar-refractivity contribution is 7.91. The van der Waals surface area contributed by atoms with Crippen LogP contribution in [0.5, 0.6) is 0 Å². The van der Waals surface area contributed by atoms with Crippen LogP contribution in [0.3, 0.4) is 0 Å². The summed E-state index contributed by atoms with van der Waals surface area (Å²) in [5, 5.41) is 3.29. The molecule has 1 amide bonds. The van der Waals surface area contributed by atoms with Crippen LogP contribution in [0, 0.1) is 6.92 Å². The molecule has 2 rings (SSSR count). The molecular formula is C16H15Cl2NO3S. The molecule has 0 atom stereocenters. The molecule has 122 valence electrons. The third-order valence-corrected chi connectivity index (χ3v) is 5.65. The summed E-state index contributed by atoms with van der Waals surface area (Å²) in [4.78, 5) is 12.1. The van der Waals surface area contributed by atoms with E-state index in [4.69, 9.17) is 23.2 Å². The molecule has 0 aliphatic rings. The number of benzene rings is 2. The fourth-order valence-electron chi connectivity index (χ4n) is 1.89. The highest BCUT2D eigenvalue weighted by Crippen LogP contribution is 2.25. The van der Waals surface area contributed by atoms with Gasteiger partial charge in [0.1, 0.15) is 0 Å². The minimum Gasteiger partial charge on any atom is -0.326 e. The van der Waals surface area contributed by atoms with Crippen molar-refractivity contribution in [1.29, 1.82) is 0 Å². The van der Waals surface area contributed by atoms with E-state index in [9.17, 15) is 13.2 Å². The zero-order valence-corrected chi connectivity index (χ0v) is 14.7. The quantitative estimate of drug-likeness (QED) is 0.859. The van der Waals surface area contributed by atoms with Crippen molar-refractivity contribution in [2.24, 2.45) is 0 Å². The van der Waals surface area contributed by atoms with Gasteiger partial charge in [-0.05, 0) is 37.3 Å². The van der Waals surface area contributed by atoms with Crippen LogP contribution in [0.25, 0.3) is 0 Å². The number of halogens is 2. The number of amides is 1. The van der Waals surface area contributed by atoms with Gasteiger partial charge < -0.3 is 5.32 Å². The molecule has 0 aromatic heterocycles. The Balaban J connectivity index is 1.98. The first-order chi connectivity index (χ1) is 10.8. The largest absolute Gasteiger partial charge is 0.326 e. The smallest absolute Gasteiger partial charge is 0.225 e. The molecule has 0 aliphatic carbocycles. The third-order valence-electron chi connectivity index (χ3n) is 3.18. The topological polar surface area (TPSA) is 63.2 Å². The van der Waals surface area contributed by atoms with Crippen LogP contribution in [0.2, 0.25) is 10.0 Å². The molecule has 0 unspecified atom stereocenters. The number of sulfone groups is 1. The number of rotatable bonds is 5. The van der Waals surface area contributed by atoms with Crippen molar-refractivity contribution >= 4 is 44.6 Å². The standard InChI is InChI=1S/C16H15Cl2NO3S/c1-11-2-5-13(6-3-11)23(21,22)9-8-16(20)19-12-4-7-14(17)15(18)10-12/h2-7,10H,8-9H2,1H3,(H,19,20). The molecule has 2 aromatic carbocycles. The fourth-order valence-corrected chi connectivity index (χ4v) is 3.43. The number of anilines is 1. The lowest BCUT2D eigenvalue weighted by atomic mass is 10.2. The number of nitrogens with one attached hydrogen (secondary N) is 1. The molecule has 7 heteroatoms. The van der Waals surface area contributed by atoms with Crippen LogP contribution < -0.4 is 5.32 Å². The van der Waals surface area contributed by atoms with Crippen LogP contribution in [-0.2, 0) is 14.6 Å². The summed E-state index contributed by atoms with van der Waals surface area (Å²) in [7, 11) is -3.49. The molecule has 0 spiro atoms.